The van der Waals surface area contributed by atoms with Gasteiger partial charge in [0.25, 0.3) is 0 Å². The molecule has 0 bridgehead atoms. The molecule has 1 fully saturated rings. The fourth-order valence-electron chi connectivity index (χ4n) is 1.33. The van der Waals surface area contributed by atoms with Gasteiger partial charge >= 0.3 is 0 Å². The van der Waals surface area contributed by atoms with Crippen molar-refractivity contribution in [3.8, 4) is 0 Å². The summed E-state index contributed by atoms with van der Waals surface area (Å²) in [6, 6.07) is 5.25. The van der Waals surface area contributed by atoms with Crippen LogP contribution in [-0.2, 0) is 9.53 Å². The third kappa shape index (κ3) is 1.84. The summed E-state index contributed by atoms with van der Waals surface area (Å²) in [6.45, 7) is 0.329. The largest absolute Gasteiger partial charge is 0.395 e. The standard InChI is InChI=1S/C10H12N2O3/c13-5-10(6-15-7-10)9(14)12-8-3-1-2-4-11-8/h1-4,13H,5-7H2,(H,11,12,14). The van der Waals surface area contributed by atoms with E-state index in [-0.39, 0.29) is 25.7 Å². The van der Waals surface area contributed by atoms with E-state index in [1.807, 2.05) is 0 Å². The summed E-state index contributed by atoms with van der Waals surface area (Å²) in [6.07, 6.45) is 1.60. The average Bonchev–Trinajstić information content (AvgIpc) is 2.18. The minimum absolute atomic E-state index is 0.203. The molecule has 0 saturated carbocycles. The second-order valence-electron chi connectivity index (χ2n) is 3.60. The monoisotopic (exact) mass is 208 g/mol. The number of nitrogens with one attached hydrogen (secondary N) is 1. The number of hydrogen-bond acceptors (Lipinski definition) is 4. The smallest absolute Gasteiger partial charge is 0.238 e. The lowest BCUT2D eigenvalue weighted by molar-refractivity contribution is -0.164. The molecular formula is C10H12N2O3. The molecule has 0 aliphatic carbocycles. The minimum atomic E-state index is -0.780. The molecule has 2 rings (SSSR count). The van der Waals surface area contributed by atoms with Crippen LogP contribution in [0.4, 0.5) is 5.82 Å². The summed E-state index contributed by atoms with van der Waals surface area (Å²) in [5, 5.41) is 11.8. The van der Waals surface area contributed by atoms with Crippen molar-refractivity contribution in [2.75, 3.05) is 25.1 Å². The predicted octanol–water partition coefficient (Wildman–Crippen LogP) is 0.0290. The van der Waals surface area contributed by atoms with Crippen molar-refractivity contribution < 1.29 is 14.6 Å². The van der Waals surface area contributed by atoms with Gasteiger partial charge in [0.05, 0.1) is 19.8 Å². The number of hydrogen-bond donors (Lipinski definition) is 2. The van der Waals surface area contributed by atoms with E-state index >= 15 is 0 Å². The molecule has 2 N–H and O–H groups in total. The second kappa shape index (κ2) is 3.96. The van der Waals surface area contributed by atoms with Crippen LogP contribution in [0.5, 0.6) is 0 Å². The molecule has 80 valence electrons. The van der Waals surface area contributed by atoms with Crippen LogP contribution in [0.3, 0.4) is 0 Å². The Morgan fingerprint density at radius 3 is 2.87 bits per heavy atom. The molecule has 1 aromatic rings. The maximum Gasteiger partial charge on any atom is 0.238 e. The summed E-state index contributed by atoms with van der Waals surface area (Å²) in [5.41, 5.74) is -0.780. The van der Waals surface area contributed by atoms with Crippen LogP contribution in [0.15, 0.2) is 24.4 Å². The number of amides is 1. The molecule has 1 amide bonds. The lowest BCUT2D eigenvalue weighted by Gasteiger charge is -2.37. The quantitative estimate of drug-likeness (QED) is 0.735. The summed E-state index contributed by atoms with van der Waals surface area (Å²) in [4.78, 5) is 15.7. The molecule has 1 aliphatic rings. The van der Waals surface area contributed by atoms with Crippen LogP contribution in [-0.4, -0.2) is 35.8 Å². The van der Waals surface area contributed by atoms with Crippen molar-refractivity contribution >= 4 is 11.7 Å². The molecule has 0 unspecified atom stereocenters. The van der Waals surface area contributed by atoms with Crippen molar-refractivity contribution in [3.63, 3.8) is 0 Å². The van der Waals surface area contributed by atoms with E-state index in [9.17, 15) is 4.79 Å². The number of aliphatic hydroxyl groups is 1. The number of carbonyl (C=O) groups excluding carboxylic acids is 1. The van der Waals surface area contributed by atoms with Crippen molar-refractivity contribution in [1.29, 1.82) is 0 Å². The Bertz CT molecular complexity index is 343. The number of aromatic nitrogens is 1. The molecule has 2 heterocycles. The topological polar surface area (TPSA) is 71.5 Å². The first-order valence-electron chi connectivity index (χ1n) is 4.68. The lowest BCUT2D eigenvalue weighted by Crippen LogP contribution is -2.54. The molecule has 5 nitrogen and oxygen atoms in total. The van der Waals surface area contributed by atoms with Gasteiger partial charge in [-0.1, -0.05) is 6.07 Å². The molecular weight excluding hydrogens is 196 g/mol. The van der Waals surface area contributed by atoms with Crippen molar-refractivity contribution in [2.45, 2.75) is 0 Å². The van der Waals surface area contributed by atoms with Crippen LogP contribution in [0.25, 0.3) is 0 Å². The number of rotatable bonds is 3. The molecule has 1 aromatic heterocycles. The SMILES string of the molecule is O=C(Nc1ccccn1)C1(CO)COC1. The first-order chi connectivity index (χ1) is 7.27. The zero-order valence-electron chi connectivity index (χ0n) is 8.14. The summed E-state index contributed by atoms with van der Waals surface area (Å²) >= 11 is 0. The molecule has 5 heteroatoms. The minimum Gasteiger partial charge on any atom is -0.395 e. The van der Waals surface area contributed by atoms with Gasteiger partial charge in [-0.2, -0.15) is 0 Å². The Balaban J connectivity index is 2.04. The fourth-order valence-corrected chi connectivity index (χ4v) is 1.33. The molecule has 0 spiro atoms. The van der Waals surface area contributed by atoms with E-state index in [1.54, 1.807) is 24.4 Å². The van der Waals surface area contributed by atoms with Gasteiger partial charge in [-0.15, -0.1) is 0 Å². The van der Waals surface area contributed by atoms with Crippen LogP contribution in [0, 0.1) is 5.41 Å². The zero-order valence-corrected chi connectivity index (χ0v) is 8.14. The van der Waals surface area contributed by atoms with Gasteiger partial charge in [0.1, 0.15) is 11.2 Å². The summed E-state index contributed by atoms with van der Waals surface area (Å²) in [5.74, 6) is 0.247. The lowest BCUT2D eigenvalue weighted by atomic mass is 9.86. The van der Waals surface area contributed by atoms with E-state index in [0.717, 1.165) is 0 Å². The van der Waals surface area contributed by atoms with Gasteiger partial charge in [-0.05, 0) is 12.1 Å². The maximum atomic E-state index is 11.8. The van der Waals surface area contributed by atoms with E-state index in [1.165, 1.54) is 0 Å². The first-order valence-corrected chi connectivity index (χ1v) is 4.68. The third-order valence-corrected chi connectivity index (χ3v) is 2.45. The Labute approximate surface area is 87.1 Å². The number of aliphatic hydroxyl groups excluding tert-OH is 1. The molecule has 0 radical (unpaired) electrons. The van der Waals surface area contributed by atoms with Gasteiger partial charge < -0.3 is 15.2 Å². The first kappa shape index (κ1) is 10.1. The molecule has 15 heavy (non-hydrogen) atoms. The Hall–Kier alpha value is -1.46. The molecule has 1 aliphatic heterocycles. The highest BCUT2D eigenvalue weighted by atomic mass is 16.5. The molecule has 1 saturated heterocycles. The van der Waals surface area contributed by atoms with E-state index in [2.05, 4.69) is 10.3 Å². The second-order valence-corrected chi connectivity index (χ2v) is 3.60. The van der Waals surface area contributed by atoms with Gasteiger partial charge in [-0.3, -0.25) is 4.79 Å². The highest BCUT2D eigenvalue weighted by Gasteiger charge is 2.45. The highest BCUT2D eigenvalue weighted by Crippen LogP contribution is 2.28. The van der Waals surface area contributed by atoms with E-state index in [4.69, 9.17) is 9.84 Å². The Kier molecular flexibility index (Phi) is 2.66. The Morgan fingerprint density at radius 2 is 2.40 bits per heavy atom. The van der Waals surface area contributed by atoms with Crippen LogP contribution in [0.2, 0.25) is 0 Å². The van der Waals surface area contributed by atoms with Crippen molar-refractivity contribution in [2.24, 2.45) is 5.41 Å². The summed E-state index contributed by atoms with van der Waals surface area (Å²) < 4.78 is 4.95. The number of carbonyl (C=O) groups is 1. The number of nitrogens with zero attached hydrogens (tertiary/aromatic N) is 1. The average molecular weight is 208 g/mol. The van der Waals surface area contributed by atoms with Crippen molar-refractivity contribution in [3.05, 3.63) is 24.4 Å². The van der Waals surface area contributed by atoms with Crippen LogP contribution < -0.4 is 5.32 Å². The normalized spacial score (nSPS) is 17.9. The van der Waals surface area contributed by atoms with Crippen LogP contribution in [0.1, 0.15) is 0 Å². The van der Waals surface area contributed by atoms with Gasteiger partial charge in [0.2, 0.25) is 5.91 Å². The van der Waals surface area contributed by atoms with E-state index < -0.39 is 5.41 Å². The highest BCUT2D eigenvalue weighted by molar-refractivity contribution is 5.95. The zero-order chi connectivity index (χ0) is 10.7. The van der Waals surface area contributed by atoms with Gasteiger partial charge in [0, 0.05) is 6.20 Å². The van der Waals surface area contributed by atoms with Gasteiger partial charge in [0.15, 0.2) is 0 Å². The third-order valence-electron chi connectivity index (χ3n) is 2.45. The number of pyridine rings is 1. The van der Waals surface area contributed by atoms with E-state index in [0.29, 0.717) is 5.82 Å². The predicted molar refractivity (Wildman–Crippen MR) is 53.2 cm³/mol. The molecule has 0 aromatic carbocycles. The maximum absolute atomic E-state index is 11.8. The fraction of sp³-hybridized carbons (Fsp3) is 0.400. The summed E-state index contributed by atoms with van der Waals surface area (Å²) in [7, 11) is 0. The number of ether oxygens (including phenoxy) is 1. The number of anilines is 1. The van der Waals surface area contributed by atoms with Crippen LogP contribution >= 0.6 is 0 Å². The Morgan fingerprint density at radius 1 is 1.60 bits per heavy atom. The van der Waals surface area contributed by atoms with Crippen molar-refractivity contribution in [1.82, 2.24) is 4.98 Å². The van der Waals surface area contributed by atoms with Gasteiger partial charge in [-0.25, -0.2) is 4.98 Å². The molecule has 0 atom stereocenters.